The Bertz CT molecular complexity index is 1110. The molecule has 1 heterocycles. The van der Waals surface area contributed by atoms with E-state index in [1.807, 2.05) is 13.8 Å². The number of hydrogen-bond donors (Lipinski definition) is 2. The van der Waals surface area contributed by atoms with E-state index in [0.29, 0.717) is 21.4 Å². The van der Waals surface area contributed by atoms with Crippen molar-refractivity contribution >= 4 is 34.5 Å². The van der Waals surface area contributed by atoms with E-state index in [2.05, 4.69) is 15.6 Å². The number of fused-ring (bicyclic) bond motifs is 1. The molecule has 1 aromatic heterocycles. The van der Waals surface area contributed by atoms with Crippen molar-refractivity contribution in [3.05, 3.63) is 69.1 Å². The van der Waals surface area contributed by atoms with Crippen molar-refractivity contribution in [3.8, 4) is 5.75 Å². The minimum atomic E-state index is -0.571. The summed E-state index contributed by atoms with van der Waals surface area (Å²) in [7, 11) is 0. The number of hydrogen-bond acceptors (Lipinski definition) is 5. The highest BCUT2D eigenvalue weighted by Gasteiger charge is 2.17. The Kier molecular flexibility index (Phi) is 5.23. The Hall–Kier alpha value is -3.19. The summed E-state index contributed by atoms with van der Waals surface area (Å²) in [5.74, 6) is -0.590. The number of hydrazone groups is 1. The van der Waals surface area contributed by atoms with E-state index >= 15 is 0 Å². The standard InChI is InChI=1S/C19H17ClN4O3/c1-11(2)24-19(27)15-6-4-3-5-14(15)17(23-24)18(26)22-21-10-12-9-13(20)7-8-16(12)25/h3-11,25H,1-2H3,(H,22,26)/b21-10+. The van der Waals surface area contributed by atoms with E-state index in [1.54, 1.807) is 24.3 Å². The molecule has 0 saturated heterocycles. The van der Waals surface area contributed by atoms with Gasteiger partial charge in [0.1, 0.15) is 5.75 Å². The molecular weight excluding hydrogens is 368 g/mol. The topological polar surface area (TPSA) is 96.6 Å². The number of phenols is 1. The fourth-order valence-corrected chi connectivity index (χ4v) is 2.75. The highest BCUT2D eigenvalue weighted by molar-refractivity contribution is 6.30. The van der Waals surface area contributed by atoms with Crippen LogP contribution in [0.15, 0.2) is 52.4 Å². The second-order valence-corrected chi connectivity index (χ2v) is 6.58. The summed E-state index contributed by atoms with van der Waals surface area (Å²) in [6.45, 7) is 3.62. The van der Waals surface area contributed by atoms with Crippen molar-refractivity contribution in [2.24, 2.45) is 5.10 Å². The van der Waals surface area contributed by atoms with Gasteiger partial charge in [-0.05, 0) is 38.1 Å². The number of amides is 1. The molecule has 1 amide bonds. The maximum Gasteiger partial charge on any atom is 0.292 e. The molecule has 27 heavy (non-hydrogen) atoms. The monoisotopic (exact) mass is 384 g/mol. The van der Waals surface area contributed by atoms with Gasteiger partial charge in [-0.25, -0.2) is 10.1 Å². The Morgan fingerprint density at radius 2 is 1.96 bits per heavy atom. The van der Waals surface area contributed by atoms with Gasteiger partial charge in [-0.15, -0.1) is 0 Å². The first kappa shape index (κ1) is 18.6. The predicted molar refractivity (Wildman–Crippen MR) is 105 cm³/mol. The number of rotatable bonds is 4. The Morgan fingerprint density at radius 1 is 1.26 bits per heavy atom. The van der Waals surface area contributed by atoms with E-state index < -0.39 is 5.91 Å². The van der Waals surface area contributed by atoms with Gasteiger partial charge in [-0.1, -0.05) is 29.8 Å². The predicted octanol–water partition coefficient (Wildman–Crippen LogP) is 3.10. The van der Waals surface area contributed by atoms with Crippen molar-refractivity contribution in [1.82, 2.24) is 15.2 Å². The third-order valence-corrected chi connectivity index (χ3v) is 4.13. The van der Waals surface area contributed by atoms with E-state index in [4.69, 9.17) is 11.6 Å². The Labute approximate surface area is 159 Å². The van der Waals surface area contributed by atoms with Gasteiger partial charge in [0.2, 0.25) is 0 Å². The molecule has 0 atom stereocenters. The largest absolute Gasteiger partial charge is 0.507 e. The van der Waals surface area contributed by atoms with E-state index in [-0.39, 0.29) is 23.0 Å². The average Bonchev–Trinajstić information content (AvgIpc) is 2.64. The molecule has 7 nitrogen and oxygen atoms in total. The van der Waals surface area contributed by atoms with Crippen LogP contribution in [0.2, 0.25) is 5.02 Å². The normalized spacial score (nSPS) is 11.4. The number of carbonyl (C=O) groups excluding carboxylic acids is 1. The lowest BCUT2D eigenvalue weighted by Crippen LogP contribution is -2.30. The van der Waals surface area contributed by atoms with Crippen LogP contribution < -0.4 is 11.0 Å². The molecule has 0 aliphatic rings. The lowest BCUT2D eigenvalue weighted by molar-refractivity contribution is 0.0949. The zero-order valence-electron chi connectivity index (χ0n) is 14.7. The van der Waals surface area contributed by atoms with Crippen molar-refractivity contribution < 1.29 is 9.90 Å². The van der Waals surface area contributed by atoms with Crippen molar-refractivity contribution in [1.29, 1.82) is 0 Å². The smallest absolute Gasteiger partial charge is 0.292 e. The summed E-state index contributed by atoms with van der Waals surface area (Å²) in [6.07, 6.45) is 1.28. The van der Waals surface area contributed by atoms with Gasteiger partial charge < -0.3 is 5.11 Å². The molecule has 0 fully saturated rings. The molecule has 2 N–H and O–H groups in total. The van der Waals surface area contributed by atoms with Gasteiger partial charge in [0, 0.05) is 16.0 Å². The quantitative estimate of drug-likeness (QED) is 0.533. The van der Waals surface area contributed by atoms with Gasteiger partial charge >= 0.3 is 0 Å². The van der Waals surface area contributed by atoms with E-state index in [0.717, 1.165) is 0 Å². The fourth-order valence-electron chi connectivity index (χ4n) is 2.57. The second kappa shape index (κ2) is 7.59. The number of aromatic hydroxyl groups is 1. The summed E-state index contributed by atoms with van der Waals surface area (Å²) in [5.41, 5.74) is 2.55. The number of halogens is 1. The van der Waals surface area contributed by atoms with Gasteiger partial charge in [0.25, 0.3) is 11.5 Å². The van der Waals surface area contributed by atoms with Gasteiger partial charge in [0.05, 0.1) is 17.6 Å². The highest BCUT2D eigenvalue weighted by Crippen LogP contribution is 2.19. The second-order valence-electron chi connectivity index (χ2n) is 6.14. The van der Waals surface area contributed by atoms with E-state index in [9.17, 15) is 14.7 Å². The minimum Gasteiger partial charge on any atom is -0.507 e. The van der Waals surface area contributed by atoms with Crippen LogP contribution in [-0.4, -0.2) is 27.0 Å². The first-order chi connectivity index (χ1) is 12.9. The number of nitrogens with one attached hydrogen (secondary N) is 1. The van der Waals surface area contributed by atoms with Crippen LogP contribution in [0, 0.1) is 0 Å². The van der Waals surface area contributed by atoms with Gasteiger partial charge in [-0.3, -0.25) is 9.59 Å². The van der Waals surface area contributed by atoms with Gasteiger partial charge in [-0.2, -0.15) is 10.2 Å². The highest BCUT2D eigenvalue weighted by atomic mass is 35.5. The molecule has 0 saturated carbocycles. The maximum atomic E-state index is 12.6. The molecule has 0 unspecified atom stereocenters. The van der Waals surface area contributed by atoms with Crippen LogP contribution in [0.4, 0.5) is 0 Å². The molecule has 0 radical (unpaired) electrons. The third kappa shape index (κ3) is 3.83. The lowest BCUT2D eigenvalue weighted by atomic mass is 10.1. The summed E-state index contributed by atoms with van der Waals surface area (Å²) >= 11 is 5.88. The Balaban J connectivity index is 1.96. The van der Waals surface area contributed by atoms with Crippen molar-refractivity contribution in [3.63, 3.8) is 0 Å². The molecule has 0 bridgehead atoms. The Morgan fingerprint density at radius 3 is 2.67 bits per heavy atom. The molecule has 2 aromatic carbocycles. The van der Waals surface area contributed by atoms with Crippen molar-refractivity contribution in [2.45, 2.75) is 19.9 Å². The van der Waals surface area contributed by atoms with Crippen LogP contribution in [0.1, 0.15) is 35.9 Å². The number of aromatic nitrogens is 2. The number of benzene rings is 2. The molecule has 0 spiro atoms. The summed E-state index contributed by atoms with van der Waals surface area (Å²) in [4.78, 5) is 25.1. The molecule has 0 aliphatic carbocycles. The molecule has 3 aromatic rings. The number of phenolic OH excluding ortho intramolecular Hbond substituents is 1. The number of nitrogens with zero attached hydrogens (tertiary/aromatic N) is 3. The SMILES string of the molecule is CC(C)n1nc(C(=O)N/N=C/c2cc(Cl)ccc2O)c2ccccc2c1=O. The summed E-state index contributed by atoms with van der Waals surface area (Å²) in [5, 5.41) is 19.1. The lowest BCUT2D eigenvalue weighted by Gasteiger charge is -2.12. The first-order valence-corrected chi connectivity index (χ1v) is 8.59. The zero-order chi connectivity index (χ0) is 19.6. The first-order valence-electron chi connectivity index (χ1n) is 8.22. The minimum absolute atomic E-state index is 0.0191. The van der Waals surface area contributed by atoms with Crippen LogP contribution in [0.3, 0.4) is 0 Å². The molecular formula is C19H17ClN4O3. The molecule has 0 aliphatic heterocycles. The molecule has 8 heteroatoms. The van der Waals surface area contributed by atoms with Crippen LogP contribution >= 0.6 is 11.6 Å². The summed E-state index contributed by atoms with van der Waals surface area (Å²) < 4.78 is 1.27. The van der Waals surface area contributed by atoms with Crippen molar-refractivity contribution in [2.75, 3.05) is 0 Å². The summed E-state index contributed by atoms with van der Waals surface area (Å²) in [6, 6.07) is 11.1. The van der Waals surface area contributed by atoms with Crippen LogP contribution in [0.5, 0.6) is 5.75 Å². The molecule has 138 valence electrons. The average molecular weight is 385 g/mol. The van der Waals surface area contributed by atoms with Crippen LogP contribution in [0.25, 0.3) is 10.8 Å². The fraction of sp³-hybridized carbons (Fsp3) is 0.158. The van der Waals surface area contributed by atoms with Crippen LogP contribution in [-0.2, 0) is 0 Å². The maximum absolute atomic E-state index is 12.6. The van der Waals surface area contributed by atoms with E-state index in [1.165, 1.54) is 29.1 Å². The third-order valence-electron chi connectivity index (χ3n) is 3.89. The number of carbonyl (C=O) groups is 1. The molecule has 3 rings (SSSR count). The van der Waals surface area contributed by atoms with Gasteiger partial charge in [0.15, 0.2) is 5.69 Å². The zero-order valence-corrected chi connectivity index (χ0v) is 15.4.